The number of nitrogen functional groups attached to an aromatic ring is 1. The molecule has 4 aliphatic heterocycles. The van der Waals surface area contributed by atoms with Gasteiger partial charge in [-0.15, -0.1) is 16.7 Å². The zero-order valence-electron chi connectivity index (χ0n) is 24.2. The number of allylic oxidation sites excluding steroid dienone is 1. The average molecular weight is 649 g/mol. The number of aromatic nitrogens is 2. The number of hydrogen-bond donors (Lipinski definition) is 3. The van der Waals surface area contributed by atoms with Gasteiger partial charge in [0.2, 0.25) is 18.7 Å². The molecule has 5 heterocycles. The highest BCUT2D eigenvalue weighted by Crippen LogP contribution is 2.42. The smallest absolute Gasteiger partial charge is 0.358 e. The van der Waals surface area contributed by atoms with Crippen LogP contribution in [0, 0.1) is 10.3 Å². The number of carbonyl (C=O) groups is 5. The molecule has 5 rings (SSSR count). The first kappa shape index (κ1) is 31.5. The van der Waals surface area contributed by atoms with Crippen LogP contribution in [0.25, 0.3) is 0 Å². The summed E-state index contributed by atoms with van der Waals surface area (Å²) in [6.07, 6.45) is 2.95. The topological polar surface area (TPSA) is 216 Å². The van der Waals surface area contributed by atoms with Crippen LogP contribution in [0.15, 0.2) is 28.1 Å². The molecule has 3 amide bonds. The second-order valence-corrected chi connectivity index (χ2v) is 13.5. The van der Waals surface area contributed by atoms with Crippen molar-refractivity contribution in [1.29, 1.82) is 0 Å². The quantitative estimate of drug-likeness (QED) is 0.107. The third-order valence-corrected chi connectivity index (χ3v) is 9.38. The van der Waals surface area contributed by atoms with Crippen molar-refractivity contribution in [3.63, 3.8) is 0 Å². The van der Waals surface area contributed by atoms with Crippen LogP contribution in [0.3, 0.4) is 0 Å². The van der Waals surface area contributed by atoms with Gasteiger partial charge in [-0.1, -0.05) is 0 Å². The Bertz CT molecular complexity index is 1450. The monoisotopic (exact) mass is 648 g/mol. The minimum atomic E-state index is -1.62. The molecular weight excluding hydrogens is 616 g/mol. The third kappa shape index (κ3) is 6.18. The summed E-state index contributed by atoms with van der Waals surface area (Å²) in [7, 11) is 0. The molecule has 0 bridgehead atoms. The van der Waals surface area contributed by atoms with E-state index in [4.69, 9.17) is 15.2 Å². The molecule has 0 aliphatic carbocycles. The van der Waals surface area contributed by atoms with Crippen molar-refractivity contribution in [2.75, 3.05) is 37.9 Å². The first-order valence-electron chi connectivity index (χ1n) is 13.9. The number of hydrogen-bond acceptors (Lipinski definition) is 15. The van der Waals surface area contributed by atoms with Gasteiger partial charge in [-0.3, -0.25) is 24.1 Å². The second-order valence-electron chi connectivity index (χ2n) is 11.6. The van der Waals surface area contributed by atoms with E-state index in [-0.39, 0.29) is 34.4 Å². The normalized spacial score (nSPS) is 25.1. The number of β-lactam (4-membered cyclic amide) rings is 1. The summed E-state index contributed by atoms with van der Waals surface area (Å²) in [4.78, 5) is 83.3. The van der Waals surface area contributed by atoms with Crippen LogP contribution >= 0.6 is 23.3 Å². The van der Waals surface area contributed by atoms with Gasteiger partial charge in [-0.2, -0.15) is 4.37 Å². The molecule has 3 saturated heterocycles. The second kappa shape index (κ2) is 12.6. The predicted molar refractivity (Wildman–Crippen MR) is 157 cm³/mol. The van der Waals surface area contributed by atoms with Gasteiger partial charge in [0.05, 0.1) is 5.41 Å². The van der Waals surface area contributed by atoms with E-state index in [0.29, 0.717) is 30.7 Å². The SMILES string of the molecule is CC(C)(C)C(=O)OCOC(=O)C1=C(C=C2CCN([C@@H]3CCNC3)C2=O)CS[C@@H]2[C@H](NC(=O)C(N=O)c3nsc(N)n3)C(=O)N12. The fraction of sp³-hybridized carbons (Fsp3) is 0.577. The molecule has 16 nitrogen and oxygen atoms in total. The van der Waals surface area contributed by atoms with Gasteiger partial charge < -0.3 is 30.7 Å². The number of amides is 3. The molecule has 1 unspecified atom stereocenters. The molecular formula is C26H32N8O8S2. The number of fused-ring (bicyclic) bond motifs is 1. The van der Waals surface area contributed by atoms with E-state index in [2.05, 4.69) is 25.2 Å². The average Bonchev–Trinajstić information content (AvgIpc) is 3.74. The maximum Gasteiger partial charge on any atom is 0.358 e. The maximum atomic E-state index is 13.4. The van der Waals surface area contributed by atoms with Gasteiger partial charge in [0.1, 0.15) is 17.1 Å². The molecule has 44 heavy (non-hydrogen) atoms. The zero-order valence-corrected chi connectivity index (χ0v) is 25.9. The highest BCUT2D eigenvalue weighted by atomic mass is 32.2. The van der Waals surface area contributed by atoms with E-state index in [1.165, 1.54) is 16.7 Å². The number of esters is 2. The number of rotatable bonds is 9. The summed E-state index contributed by atoms with van der Waals surface area (Å²) < 4.78 is 14.2. The predicted octanol–water partition coefficient (Wildman–Crippen LogP) is 0.192. The first-order chi connectivity index (χ1) is 20.9. The van der Waals surface area contributed by atoms with Crippen molar-refractivity contribution in [2.45, 2.75) is 57.1 Å². The van der Waals surface area contributed by atoms with Gasteiger partial charge in [0.15, 0.2) is 11.0 Å². The lowest BCUT2D eigenvalue weighted by atomic mass is 9.98. The molecule has 1 aromatic heterocycles. The van der Waals surface area contributed by atoms with Crippen LogP contribution in [0.4, 0.5) is 5.13 Å². The maximum absolute atomic E-state index is 13.4. The molecule has 4 atom stereocenters. The van der Waals surface area contributed by atoms with E-state index in [9.17, 15) is 28.9 Å². The van der Waals surface area contributed by atoms with Crippen molar-refractivity contribution in [2.24, 2.45) is 10.6 Å². The zero-order chi connectivity index (χ0) is 31.8. The number of carbonyl (C=O) groups excluding carboxylic acids is 5. The van der Waals surface area contributed by atoms with Crippen LogP contribution in [0.2, 0.25) is 0 Å². The molecule has 236 valence electrons. The molecule has 4 N–H and O–H groups in total. The van der Waals surface area contributed by atoms with Crippen molar-refractivity contribution in [3.8, 4) is 0 Å². The molecule has 0 radical (unpaired) electrons. The number of nitrogens with zero attached hydrogens (tertiary/aromatic N) is 5. The number of likely N-dealkylation sites (tertiary alicyclic amines) is 1. The molecule has 18 heteroatoms. The minimum Gasteiger partial charge on any atom is -0.427 e. The fourth-order valence-electron chi connectivity index (χ4n) is 5.20. The van der Waals surface area contributed by atoms with Gasteiger partial charge in [-0.05, 0) is 57.0 Å². The summed E-state index contributed by atoms with van der Waals surface area (Å²) in [6.45, 7) is 6.35. The van der Waals surface area contributed by atoms with E-state index < -0.39 is 53.4 Å². The Morgan fingerprint density at radius 1 is 1.27 bits per heavy atom. The van der Waals surface area contributed by atoms with Crippen molar-refractivity contribution in [3.05, 3.63) is 33.7 Å². The standard InChI is InChI=1S/C26H32N8O8S2/c1-26(2,3)24(39)42-11-41-23(38)17-13(8-12-5-7-33(20(12)36)14-4-6-28-9-14)10-43-22-16(21(37)34(17)22)29-19(35)15(31-40)18-30-25(27)44-32-18/h8,14-16,22,28H,4-7,9-11H2,1-3H3,(H,29,35)(H2,27,30,32)/t14-,15?,16-,22-/m1/s1. The molecule has 3 fully saturated rings. The van der Waals surface area contributed by atoms with E-state index in [0.717, 1.165) is 24.5 Å². The van der Waals surface area contributed by atoms with Crippen LogP contribution in [0.5, 0.6) is 0 Å². The van der Waals surface area contributed by atoms with Crippen LogP contribution in [-0.2, 0) is 33.4 Å². The van der Waals surface area contributed by atoms with Crippen molar-refractivity contribution in [1.82, 2.24) is 29.8 Å². The molecule has 0 saturated carbocycles. The Labute approximate surface area is 260 Å². The highest BCUT2D eigenvalue weighted by molar-refractivity contribution is 8.00. The van der Waals surface area contributed by atoms with E-state index >= 15 is 0 Å². The lowest BCUT2D eigenvalue weighted by molar-refractivity contribution is -0.173. The Morgan fingerprint density at radius 2 is 2.05 bits per heavy atom. The fourth-order valence-corrected chi connectivity index (χ4v) is 6.97. The number of thioether (sulfide) groups is 1. The highest BCUT2D eigenvalue weighted by Gasteiger charge is 2.55. The minimum absolute atomic E-state index is 0.0436. The summed E-state index contributed by atoms with van der Waals surface area (Å²) >= 11 is 2.05. The Hall–Kier alpha value is -3.90. The largest absolute Gasteiger partial charge is 0.427 e. The number of nitroso groups, excluding NO2 is 1. The van der Waals surface area contributed by atoms with Crippen molar-refractivity contribution < 1.29 is 33.4 Å². The van der Waals surface area contributed by atoms with E-state index in [1.54, 1.807) is 26.8 Å². The van der Waals surface area contributed by atoms with Gasteiger partial charge in [-0.25, -0.2) is 9.78 Å². The summed E-state index contributed by atoms with van der Waals surface area (Å²) in [5.74, 6) is -3.18. The molecule has 0 aromatic carbocycles. The van der Waals surface area contributed by atoms with Gasteiger partial charge >= 0.3 is 11.9 Å². The number of nitrogens with two attached hydrogens (primary N) is 1. The Kier molecular flexibility index (Phi) is 9.03. The third-order valence-electron chi connectivity index (χ3n) is 7.52. The summed E-state index contributed by atoms with van der Waals surface area (Å²) in [5, 5.41) is 7.86. The van der Waals surface area contributed by atoms with Crippen LogP contribution < -0.4 is 16.4 Å². The molecule has 0 spiro atoms. The Balaban J connectivity index is 1.36. The summed E-state index contributed by atoms with van der Waals surface area (Å²) in [5.41, 5.74) is 5.50. The van der Waals surface area contributed by atoms with Crippen LogP contribution in [-0.4, -0.2) is 98.5 Å². The lowest BCUT2D eigenvalue weighted by Gasteiger charge is -2.49. The number of anilines is 1. The molecule has 4 aliphatic rings. The number of nitrogens with one attached hydrogen (secondary N) is 2. The van der Waals surface area contributed by atoms with E-state index in [1.807, 2.05) is 4.90 Å². The molecule has 1 aromatic rings. The summed E-state index contributed by atoms with van der Waals surface area (Å²) in [6, 6.07) is -2.62. The van der Waals surface area contributed by atoms with Gasteiger partial charge in [0, 0.05) is 42.0 Å². The number of ether oxygens (including phenoxy) is 2. The lowest BCUT2D eigenvalue weighted by Crippen LogP contribution is -2.70. The van der Waals surface area contributed by atoms with Gasteiger partial charge in [0.25, 0.3) is 11.8 Å². The van der Waals surface area contributed by atoms with Crippen LogP contribution in [0.1, 0.15) is 45.5 Å². The Morgan fingerprint density at radius 3 is 2.68 bits per heavy atom. The first-order valence-corrected chi connectivity index (χ1v) is 15.7. The van der Waals surface area contributed by atoms with Crippen molar-refractivity contribution >= 4 is 58.1 Å².